The molecule has 1 N–H and O–H groups in total. The van der Waals surface area contributed by atoms with Gasteiger partial charge < -0.3 is 14.8 Å². The summed E-state index contributed by atoms with van der Waals surface area (Å²) in [7, 11) is -3.92. The molecule has 4 rings (SSSR count). The molecule has 154 valence electrons. The van der Waals surface area contributed by atoms with Crippen LogP contribution in [0, 0.1) is 6.92 Å². The molecule has 2 heterocycles. The maximum atomic E-state index is 13.3. The van der Waals surface area contributed by atoms with Crippen molar-refractivity contribution in [1.82, 2.24) is 4.31 Å². The summed E-state index contributed by atoms with van der Waals surface area (Å²) in [6.45, 7) is 5.96. The zero-order chi connectivity index (χ0) is 20.9. The van der Waals surface area contributed by atoms with Crippen LogP contribution in [0.15, 0.2) is 35.2 Å². The lowest BCUT2D eigenvalue weighted by molar-refractivity contribution is -0.0440. The normalized spacial score (nSPS) is 22.1. The quantitative estimate of drug-likeness (QED) is 0.773. The van der Waals surface area contributed by atoms with Gasteiger partial charge in [-0.15, -0.1) is 0 Å². The Hall–Kier alpha value is -2.13. The van der Waals surface area contributed by atoms with E-state index in [0.717, 1.165) is 5.56 Å². The van der Waals surface area contributed by atoms with E-state index >= 15 is 0 Å². The van der Waals surface area contributed by atoms with Gasteiger partial charge in [0.25, 0.3) is 5.91 Å². The smallest absolute Gasteiger partial charge is 0.259 e. The van der Waals surface area contributed by atoms with Gasteiger partial charge in [0.15, 0.2) is 5.75 Å². The lowest BCUT2D eigenvalue weighted by atomic mass is 10.2. The van der Waals surface area contributed by atoms with Crippen LogP contribution in [0.4, 0.5) is 5.69 Å². The first-order chi connectivity index (χ1) is 13.6. The van der Waals surface area contributed by atoms with Crippen LogP contribution < -0.4 is 10.1 Å². The molecule has 0 saturated carbocycles. The van der Waals surface area contributed by atoms with Crippen molar-refractivity contribution in [1.29, 1.82) is 0 Å². The molecule has 0 radical (unpaired) electrons. The number of carbonyl (C=O) groups is 1. The van der Waals surface area contributed by atoms with Crippen molar-refractivity contribution in [2.24, 2.45) is 0 Å². The van der Waals surface area contributed by atoms with E-state index in [4.69, 9.17) is 21.1 Å². The minimum atomic E-state index is -3.92. The third-order valence-electron chi connectivity index (χ3n) is 4.89. The van der Waals surface area contributed by atoms with Crippen molar-refractivity contribution in [3.8, 4) is 11.5 Å². The number of morpholine rings is 1. The molecule has 0 bridgehead atoms. The SMILES string of the molecule is Cc1ccc2c(c1)NC(=O)c1cc(S(=O)(=O)N3C[C@H](C)O[C@@H](C)C3)c(Cl)cc1O2. The molecule has 1 saturated heterocycles. The molecular formula is C20H21ClN2O5S. The van der Waals surface area contributed by atoms with E-state index in [2.05, 4.69) is 5.32 Å². The number of nitrogens with one attached hydrogen (secondary N) is 1. The summed E-state index contributed by atoms with van der Waals surface area (Å²) < 4.78 is 39.3. The first-order valence-corrected chi connectivity index (χ1v) is 11.1. The van der Waals surface area contributed by atoms with Crippen LogP contribution in [0.5, 0.6) is 11.5 Å². The molecule has 2 aliphatic heterocycles. The number of nitrogens with zero attached hydrogens (tertiary/aromatic N) is 1. The highest BCUT2D eigenvalue weighted by atomic mass is 35.5. The van der Waals surface area contributed by atoms with Crippen LogP contribution >= 0.6 is 11.6 Å². The molecular weight excluding hydrogens is 416 g/mol. The monoisotopic (exact) mass is 436 g/mol. The average molecular weight is 437 g/mol. The molecule has 29 heavy (non-hydrogen) atoms. The zero-order valence-corrected chi connectivity index (χ0v) is 17.8. The van der Waals surface area contributed by atoms with Crippen molar-refractivity contribution < 1.29 is 22.7 Å². The van der Waals surface area contributed by atoms with Crippen molar-refractivity contribution in [2.75, 3.05) is 18.4 Å². The topological polar surface area (TPSA) is 84.9 Å². The van der Waals surface area contributed by atoms with Gasteiger partial charge >= 0.3 is 0 Å². The predicted octanol–water partition coefficient (Wildman–Crippen LogP) is 3.80. The summed E-state index contributed by atoms with van der Waals surface area (Å²) in [5, 5.41) is 2.77. The molecule has 0 spiro atoms. The fraction of sp³-hybridized carbons (Fsp3) is 0.350. The van der Waals surface area contributed by atoms with Crippen LogP contribution in [0.2, 0.25) is 5.02 Å². The predicted molar refractivity (Wildman–Crippen MR) is 109 cm³/mol. The molecule has 9 heteroatoms. The van der Waals surface area contributed by atoms with Crippen LogP contribution in [0.25, 0.3) is 0 Å². The summed E-state index contributed by atoms with van der Waals surface area (Å²) in [4.78, 5) is 12.7. The van der Waals surface area contributed by atoms with Gasteiger partial charge in [-0.25, -0.2) is 8.42 Å². The minimum absolute atomic E-state index is 0.00101. The number of benzene rings is 2. The molecule has 1 amide bonds. The molecule has 7 nitrogen and oxygen atoms in total. The summed E-state index contributed by atoms with van der Waals surface area (Å²) in [5.74, 6) is 0.212. The number of amides is 1. The second-order valence-corrected chi connectivity index (χ2v) is 9.73. The maximum absolute atomic E-state index is 13.3. The van der Waals surface area contributed by atoms with Crippen molar-refractivity contribution in [3.05, 3.63) is 46.5 Å². The number of hydrogen-bond acceptors (Lipinski definition) is 5. The second-order valence-electron chi connectivity index (χ2n) is 7.41. The van der Waals surface area contributed by atoms with Gasteiger partial charge in [0.1, 0.15) is 10.6 Å². The summed E-state index contributed by atoms with van der Waals surface area (Å²) in [6, 6.07) is 8.05. The Morgan fingerprint density at radius 1 is 1.10 bits per heavy atom. The Morgan fingerprint density at radius 3 is 2.48 bits per heavy atom. The molecule has 2 aliphatic rings. The molecule has 2 aromatic carbocycles. The van der Waals surface area contributed by atoms with Gasteiger partial charge in [-0.1, -0.05) is 17.7 Å². The van der Waals surface area contributed by atoms with E-state index in [1.165, 1.54) is 16.4 Å². The second kappa shape index (κ2) is 7.28. The number of aryl methyl sites for hydroxylation is 1. The Labute approximate surface area is 174 Å². The Balaban J connectivity index is 1.77. The number of anilines is 1. The summed E-state index contributed by atoms with van der Waals surface area (Å²) in [5.41, 5.74) is 1.58. The number of hydrogen-bond donors (Lipinski definition) is 1. The van der Waals surface area contributed by atoms with Gasteiger partial charge in [0, 0.05) is 19.2 Å². The third kappa shape index (κ3) is 3.73. The van der Waals surface area contributed by atoms with E-state index in [1.807, 2.05) is 26.8 Å². The number of fused-ring (bicyclic) bond motifs is 2. The minimum Gasteiger partial charge on any atom is -0.454 e. The van der Waals surface area contributed by atoms with E-state index in [-0.39, 0.29) is 46.5 Å². The highest BCUT2D eigenvalue weighted by molar-refractivity contribution is 7.89. The fourth-order valence-corrected chi connectivity index (χ4v) is 5.71. The number of rotatable bonds is 2. The molecule has 0 aromatic heterocycles. The lowest BCUT2D eigenvalue weighted by Gasteiger charge is -2.34. The van der Waals surface area contributed by atoms with Crippen LogP contribution in [0.3, 0.4) is 0 Å². The fourth-order valence-electron chi connectivity index (χ4n) is 3.60. The van der Waals surface area contributed by atoms with Crippen molar-refractivity contribution >= 4 is 33.2 Å². The third-order valence-corrected chi connectivity index (χ3v) is 7.18. The summed E-state index contributed by atoms with van der Waals surface area (Å²) >= 11 is 6.34. The Morgan fingerprint density at radius 2 is 1.79 bits per heavy atom. The molecule has 2 atom stereocenters. The van der Waals surface area contributed by atoms with Crippen LogP contribution in [-0.4, -0.2) is 43.9 Å². The molecule has 0 aliphatic carbocycles. The number of carbonyl (C=O) groups excluding carboxylic acids is 1. The van der Waals surface area contributed by atoms with Crippen molar-refractivity contribution in [2.45, 2.75) is 37.9 Å². The number of halogens is 1. The van der Waals surface area contributed by atoms with E-state index in [9.17, 15) is 13.2 Å². The van der Waals surface area contributed by atoms with Gasteiger partial charge in [-0.05, 0) is 44.5 Å². The summed E-state index contributed by atoms with van der Waals surface area (Å²) in [6.07, 6.45) is -0.477. The lowest BCUT2D eigenvalue weighted by Crippen LogP contribution is -2.48. The molecule has 1 fully saturated rings. The zero-order valence-electron chi connectivity index (χ0n) is 16.2. The average Bonchev–Trinajstić information content (AvgIpc) is 2.75. The van der Waals surface area contributed by atoms with Crippen molar-refractivity contribution in [3.63, 3.8) is 0 Å². The van der Waals surface area contributed by atoms with E-state index < -0.39 is 15.9 Å². The Bertz CT molecular complexity index is 1090. The van der Waals surface area contributed by atoms with Gasteiger partial charge in [0.2, 0.25) is 10.0 Å². The standard InChI is InChI=1S/C20H21ClN2O5S/c1-11-4-5-17-16(6-11)22-20(24)14-7-19(15(21)8-18(14)28-17)29(25,26)23-9-12(2)27-13(3)10-23/h4-8,12-13H,9-10H2,1-3H3,(H,22,24)/t12-,13-/m0/s1. The van der Waals surface area contributed by atoms with Crippen LogP contribution in [-0.2, 0) is 14.8 Å². The highest BCUT2D eigenvalue weighted by Crippen LogP contribution is 2.40. The van der Waals surface area contributed by atoms with Crippen LogP contribution in [0.1, 0.15) is 29.8 Å². The Kier molecular flexibility index (Phi) is 5.06. The number of ether oxygens (including phenoxy) is 2. The first-order valence-electron chi connectivity index (χ1n) is 9.24. The molecule has 2 aromatic rings. The highest BCUT2D eigenvalue weighted by Gasteiger charge is 2.35. The largest absolute Gasteiger partial charge is 0.454 e. The molecule has 0 unspecified atom stereocenters. The van der Waals surface area contributed by atoms with Gasteiger partial charge in [-0.2, -0.15) is 4.31 Å². The number of sulfonamides is 1. The maximum Gasteiger partial charge on any atom is 0.259 e. The van der Waals surface area contributed by atoms with E-state index in [1.54, 1.807) is 12.1 Å². The van der Waals surface area contributed by atoms with Gasteiger partial charge in [0.05, 0.1) is 28.5 Å². The van der Waals surface area contributed by atoms with E-state index in [0.29, 0.717) is 11.4 Å². The van der Waals surface area contributed by atoms with Gasteiger partial charge in [-0.3, -0.25) is 4.79 Å². The first kappa shape index (κ1) is 20.2.